The number of nitrogens with zero attached hydrogens (tertiary/aromatic N) is 1. The first kappa shape index (κ1) is 12.7. The van der Waals surface area contributed by atoms with Crippen molar-refractivity contribution >= 4 is 11.9 Å². The van der Waals surface area contributed by atoms with Crippen molar-refractivity contribution < 1.29 is 9.59 Å². The molecule has 1 aromatic heterocycles. The molecule has 17 heavy (non-hydrogen) atoms. The van der Waals surface area contributed by atoms with E-state index in [9.17, 15) is 9.59 Å². The number of aromatic nitrogens is 1. The second-order valence-electron chi connectivity index (χ2n) is 3.20. The SMILES string of the molecule is C=CCNC(=O)NNC(=O)Cc1ccncc1. The van der Waals surface area contributed by atoms with Crippen molar-refractivity contribution in [2.24, 2.45) is 0 Å². The number of nitrogens with one attached hydrogen (secondary N) is 3. The molecule has 0 saturated heterocycles. The molecule has 0 aliphatic carbocycles. The fraction of sp³-hybridized carbons (Fsp3) is 0.182. The van der Waals surface area contributed by atoms with Crippen LogP contribution in [-0.2, 0) is 11.2 Å². The Kier molecular flexibility index (Phi) is 5.23. The Hall–Kier alpha value is -2.37. The molecule has 1 rings (SSSR count). The first-order valence-corrected chi connectivity index (χ1v) is 5.05. The van der Waals surface area contributed by atoms with Crippen molar-refractivity contribution in [3.63, 3.8) is 0 Å². The maximum absolute atomic E-state index is 11.4. The number of pyridine rings is 1. The molecule has 0 aromatic carbocycles. The molecule has 6 heteroatoms. The Balaban J connectivity index is 2.26. The van der Waals surface area contributed by atoms with Gasteiger partial charge in [0.25, 0.3) is 0 Å². The summed E-state index contributed by atoms with van der Waals surface area (Å²) in [7, 11) is 0. The molecule has 0 aliphatic heterocycles. The topological polar surface area (TPSA) is 83.1 Å². The van der Waals surface area contributed by atoms with Gasteiger partial charge in [-0.25, -0.2) is 10.2 Å². The van der Waals surface area contributed by atoms with Gasteiger partial charge in [0, 0.05) is 18.9 Å². The summed E-state index contributed by atoms with van der Waals surface area (Å²) in [5.74, 6) is -0.301. The van der Waals surface area contributed by atoms with Crippen LogP contribution >= 0.6 is 0 Å². The van der Waals surface area contributed by atoms with Crippen molar-refractivity contribution in [3.05, 3.63) is 42.7 Å². The number of amides is 3. The zero-order valence-corrected chi connectivity index (χ0v) is 9.27. The van der Waals surface area contributed by atoms with E-state index in [2.05, 4.69) is 27.7 Å². The molecule has 1 heterocycles. The zero-order chi connectivity index (χ0) is 12.5. The largest absolute Gasteiger partial charge is 0.333 e. The minimum atomic E-state index is -0.479. The van der Waals surface area contributed by atoms with E-state index < -0.39 is 6.03 Å². The number of hydrogen-bond donors (Lipinski definition) is 3. The molecule has 6 nitrogen and oxygen atoms in total. The minimum Gasteiger partial charge on any atom is -0.333 e. The van der Waals surface area contributed by atoms with Gasteiger partial charge in [-0.05, 0) is 17.7 Å². The van der Waals surface area contributed by atoms with Crippen LogP contribution in [0.15, 0.2) is 37.2 Å². The first-order chi connectivity index (χ1) is 8.22. The van der Waals surface area contributed by atoms with Crippen LogP contribution < -0.4 is 16.2 Å². The van der Waals surface area contributed by atoms with Gasteiger partial charge in [0.2, 0.25) is 5.91 Å². The molecule has 0 unspecified atom stereocenters. The van der Waals surface area contributed by atoms with Gasteiger partial charge in [-0.3, -0.25) is 15.2 Å². The van der Waals surface area contributed by atoms with E-state index >= 15 is 0 Å². The summed E-state index contributed by atoms with van der Waals surface area (Å²) in [6.07, 6.45) is 4.93. The lowest BCUT2D eigenvalue weighted by atomic mass is 10.2. The van der Waals surface area contributed by atoms with Gasteiger partial charge in [0.1, 0.15) is 0 Å². The van der Waals surface area contributed by atoms with Crippen LogP contribution in [0.25, 0.3) is 0 Å². The Morgan fingerprint density at radius 1 is 1.29 bits per heavy atom. The van der Waals surface area contributed by atoms with Crippen LogP contribution in [0.4, 0.5) is 4.79 Å². The highest BCUT2D eigenvalue weighted by Crippen LogP contribution is 1.96. The number of hydrogen-bond acceptors (Lipinski definition) is 3. The van der Waals surface area contributed by atoms with Crippen molar-refractivity contribution in [1.29, 1.82) is 0 Å². The van der Waals surface area contributed by atoms with E-state index in [0.717, 1.165) is 5.56 Å². The van der Waals surface area contributed by atoms with E-state index in [1.54, 1.807) is 30.6 Å². The molecule has 3 N–H and O–H groups in total. The maximum atomic E-state index is 11.4. The van der Waals surface area contributed by atoms with E-state index in [0.29, 0.717) is 6.54 Å². The van der Waals surface area contributed by atoms with E-state index in [1.807, 2.05) is 0 Å². The van der Waals surface area contributed by atoms with Crippen LogP contribution in [0.2, 0.25) is 0 Å². The molecule has 0 fully saturated rings. The normalized spacial score (nSPS) is 9.18. The third-order valence-corrected chi connectivity index (χ3v) is 1.84. The lowest BCUT2D eigenvalue weighted by molar-refractivity contribution is -0.121. The smallest absolute Gasteiger partial charge is 0.333 e. The first-order valence-electron chi connectivity index (χ1n) is 5.05. The summed E-state index contributed by atoms with van der Waals surface area (Å²) in [5, 5.41) is 2.46. The molecule has 0 spiro atoms. The quantitative estimate of drug-likeness (QED) is 0.512. The van der Waals surface area contributed by atoms with Crippen LogP contribution in [0.3, 0.4) is 0 Å². The van der Waals surface area contributed by atoms with Crippen LogP contribution in [0.1, 0.15) is 5.56 Å². The van der Waals surface area contributed by atoms with Crippen molar-refractivity contribution in [1.82, 2.24) is 21.2 Å². The molecule has 0 aliphatic rings. The van der Waals surface area contributed by atoms with Crippen LogP contribution in [-0.4, -0.2) is 23.5 Å². The highest BCUT2D eigenvalue weighted by Gasteiger charge is 2.04. The summed E-state index contributed by atoms with van der Waals surface area (Å²) >= 11 is 0. The zero-order valence-electron chi connectivity index (χ0n) is 9.27. The fourth-order valence-electron chi connectivity index (χ4n) is 1.07. The Bertz CT molecular complexity index is 392. The average Bonchev–Trinajstić information content (AvgIpc) is 2.35. The van der Waals surface area contributed by atoms with Gasteiger partial charge in [-0.1, -0.05) is 6.08 Å². The highest BCUT2D eigenvalue weighted by atomic mass is 16.2. The maximum Gasteiger partial charge on any atom is 0.333 e. The molecule has 0 radical (unpaired) electrons. The molecule has 3 amide bonds. The van der Waals surface area contributed by atoms with Gasteiger partial charge in [-0.2, -0.15) is 0 Å². The van der Waals surface area contributed by atoms with Gasteiger partial charge in [-0.15, -0.1) is 6.58 Å². The van der Waals surface area contributed by atoms with Gasteiger partial charge in [0.15, 0.2) is 0 Å². The summed E-state index contributed by atoms with van der Waals surface area (Å²) in [5.41, 5.74) is 5.33. The van der Waals surface area contributed by atoms with E-state index in [1.165, 1.54) is 0 Å². The number of carbonyl (C=O) groups excluding carboxylic acids is 2. The van der Waals surface area contributed by atoms with E-state index in [4.69, 9.17) is 0 Å². The Labute approximate surface area is 99.1 Å². The van der Waals surface area contributed by atoms with Crippen molar-refractivity contribution in [2.75, 3.05) is 6.54 Å². The number of carbonyl (C=O) groups is 2. The minimum absolute atomic E-state index is 0.185. The second-order valence-corrected chi connectivity index (χ2v) is 3.20. The molecular formula is C11H14N4O2. The summed E-state index contributed by atoms with van der Waals surface area (Å²) in [6.45, 7) is 3.79. The third kappa shape index (κ3) is 5.31. The molecule has 0 bridgehead atoms. The predicted molar refractivity (Wildman–Crippen MR) is 62.8 cm³/mol. The second kappa shape index (κ2) is 7.00. The molecule has 90 valence electrons. The van der Waals surface area contributed by atoms with Crippen LogP contribution in [0.5, 0.6) is 0 Å². The van der Waals surface area contributed by atoms with Crippen molar-refractivity contribution in [3.8, 4) is 0 Å². The Morgan fingerprint density at radius 2 is 2.00 bits per heavy atom. The average molecular weight is 234 g/mol. The molecule has 0 saturated carbocycles. The van der Waals surface area contributed by atoms with Gasteiger partial charge >= 0.3 is 6.03 Å². The number of hydrazine groups is 1. The summed E-state index contributed by atoms with van der Waals surface area (Å²) in [4.78, 5) is 26.3. The molecule has 0 atom stereocenters. The summed E-state index contributed by atoms with van der Waals surface area (Å²) in [6, 6.07) is 2.99. The molecule has 1 aromatic rings. The third-order valence-electron chi connectivity index (χ3n) is 1.84. The Morgan fingerprint density at radius 3 is 2.65 bits per heavy atom. The fourth-order valence-corrected chi connectivity index (χ4v) is 1.07. The lowest BCUT2D eigenvalue weighted by Gasteiger charge is -2.07. The number of rotatable bonds is 4. The monoisotopic (exact) mass is 234 g/mol. The molecular weight excluding hydrogens is 220 g/mol. The standard InChI is InChI=1S/C11H14N4O2/c1-2-5-13-11(17)15-14-10(16)8-9-3-6-12-7-4-9/h2-4,6-7H,1,5,8H2,(H,14,16)(H2,13,15,17). The number of urea groups is 1. The van der Waals surface area contributed by atoms with Gasteiger partial charge in [0.05, 0.1) is 6.42 Å². The van der Waals surface area contributed by atoms with E-state index in [-0.39, 0.29) is 12.3 Å². The van der Waals surface area contributed by atoms with Gasteiger partial charge < -0.3 is 5.32 Å². The van der Waals surface area contributed by atoms with Crippen LogP contribution in [0, 0.1) is 0 Å². The summed E-state index contributed by atoms with van der Waals surface area (Å²) < 4.78 is 0. The van der Waals surface area contributed by atoms with Crippen molar-refractivity contribution in [2.45, 2.75) is 6.42 Å². The highest BCUT2D eigenvalue weighted by molar-refractivity contribution is 5.82. The lowest BCUT2D eigenvalue weighted by Crippen LogP contribution is -2.47. The predicted octanol–water partition coefficient (Wildman–Crippen LogP) is 0.141.